The molecule has 0 saturated carbocycles. The summed E-state index contributed by atoms with van der Waals surface area (Å²) >= 11 is 0. The molecule has 0 bridgehead atoms. The molecule has 6 rings (SSSR count). The first-order valence-electron chi connectivity index (χ1n) is 14.1. The monoisotopic (exact) mass is 527 g/mol. The van der Waals surface area contributed by atoms with Crippen molar-refractivity contribution in [3.63, 3.8) is 0 Å². The Labute approximate surface area is 242 Å². The lowest BCUT2D eigenvalue weighted by Gasteiger charge is -2.19. The molecule has 0 aromatic heterocycles. The summed E-state index contributed by atoms with van der Waals surface area (Å²) in [6, 6.07) is 47.4. The van der Waals surface area contributed by atoms with Crippen molar-refractivity contribution in [2.24, 2.45) is 5.92 Å². The maximum atomic E-state index is 4.07. The zero-order valence-corrected chi connectivity index (χ0v) is 23.1. The number of hydrogen-bond donors (Lipinski definition) is 1. The highest BCUT2D eigenvalue weighted by atomic mass is 14.9. The smallest absolute Gasteiger partial charge is 0.0384 e. The van der Waals surface area contributed by atoms with Gasteiger partial charge in [-0.1, -0.05) is 127 Å². The average Bonchev–Trinajstić information content (AvgIpc) is 3.04. The molecule has 0 fully saturated rings. The van der Waals surface area contributed by atoms with Crippen molar-refractivity contribution in [1.82, 2.24) is 0 Å². The lowest BCUT2D eigenvalue weighted by Crippen LogP contribution is -2.05. The first kappa shape index (κ1) is 26.1. The van der Waals surface area contributed by atoms with Crippen molar-refractivity contribution >= 4 is 39.0 Å². The first-order valence-corrected chi connectivity index (χ1v) is 14.1. The molecule has 0 aliphatic rings. The summed E-state index contributed by atoms with van der Waals surface area (Å²) in [6.45, 7) is 8.14. The molecule has 0 aliphatic carbocycles. The van der Waals surface area contributed by atoms with Crippen molar-refractivity contribution in [1.29, 1.82) is 0 Å². The Kier molecular flexibility index (Phi) is 7.60. The third kappa shape index (κ3) is 5.76. The minimum atomic E-state index is 0.174. The highest BCUT2D eigenvalue weighted by Crippen LogP contribution is 2.31. The van der Waals surface area contributed by atoms with Crippen LogP contribution in [0.2, 0.25) is 0 Å². The molecule has 2 unspecified atom stereocenters. The quantitative estimate of drug-likeness (QED) is 0.146. The number of fused-ring (bicyclic) bond motifs is 3. The van der Waals surface area contributed by atoms with E-state index in [1.807, 2.05) is 18.2 Å². The van der Waals surface area contributed by atoms with Gasteiger partial charge >= 0.3 is 0 Å². The van der Waals surface area contributed by atoms with Crippen LogP contribution in [-0.4, -0.2) is 0 Å². The van der Waals surface area contributed by atoms with Gasteiger partial charge in [0.1, 0.15) is 0 Å². The van der Waals surface area contributed by atoms with Crippen molar-refractivity contribution in [2.75, 3.05) is 5.32 Å². The van der Waals surface area contributed by atoms with Gasteiger partial charge in [0.15, 0.2) is 0 Å². The van der Waals surface area contributed by atoms with E-state index in [2.05, 4.69) is 158 Å². The molecule has 41 heavy (non-hydrogen) atoms. The van der Waals surface area contributed by atoms with Gasteiger partial charge in [-0.15, -0.1) is 13.2 Å². The molecule has 1 nitrogen and oxygen atoms in total. The van der Waals surface area contributed by atoms with Gasteiger partial charge in [0, 0.05) is 23.2 Å². The lowest BCUT2D eigenvalue weighted by molar-refractivity contribution is 0.713. The molecule has 0 radical (unpaired) electrons. The van der Waals surface area contributed by atoms with Crippen LogP contribution in [0.25, 0.3) is 38.7 Å². The summed E-state index contributed by atoms with van der Waals surface area (Å²) in [5, 5.41) is 8.65. The fourth-order valence-corrected chi connectivity index (χ4v) is 5.53. The third-order valence-corrected chi connectivity index (χ3v) is 7.80. The zero-order chi connectivity index (χ0) is 28.0. The highest BCUT2D eigenvalue weighted by Gasteiger charge is 2.14. The normalized spacial score (nSPS) is 12.8. The van der Waals surface area contributed by atoms with Gasteiger partial charge in [-0.25, -0.2) is 0 Å². The fraction of sp³-hybridized carbons (Fsp3) is 0.0500. The Morgan fingerprint density at radius 2 is 1.15 bits per heavy atom. The molecule has 0 amide bonds. The Morgan fingerprint density at radius 3 is 1.85 bits per heavy atom. The molecule has 1 N–H and O–H groups in total. The lowest BCUT2D eigenvalue weighted by atomic mass is 9.85. The van der Waals surface area contributed by atoms with Crippen molar-refractivity contribution < 1.29 is 0 Å². The van der Waals surface area contributed by atoms with E-state index in [0.29, 0.717) is 0 Å². The Balaban J connectivity index is 1.14. The molecular formula is C40H33N. The van der Waals surface area contributed by atoms with Crippen LogP contribution in [0, 0.1) is 5.92 Å². The van der Waals surface area contributed by atoms with E-state index in [-0.39, 0.29) is 11.8 Å². The van der Waals surface area contributed by atoms with E-state index < -0.39 is 0 Å². The van der Waals surface area contributed by atoms with E-state index in [9.17, 15) is 0 Å². The molecule has 6 aromatic carbocycles. The van der Waals surface area contributed by atoms with E-state index in [4.69, 9.17) is 0 Å². The summed E-state index contributed by atoms with van der Waals surface area (Å²) < 4.78 is 0. The molecule has 1 heteroatoms. The largest absolute Gasteiger partial charge is 0.356 e. The fourth-order valence-electron chi connectivity index (χ4n) is 5.53. The van der Waals surface area contributed by atoms with Gasteiger partial charge in [0.2, 0.25) is 0 Å². The molecular weight excluding hydrogens is 494 g/mol. The molecule has 2 atom stereocenters. The van der Waals surface area contributed by atoms with Crippen molar-refractivity contribution in [3.8, 4) is 11.1 Å². The summed E-state index contributed by atoms with van der Waals surface area (Å²) in [4.78, 5) is 0. The number of anilines is 2. The zero-order valence-electron chi connectivity index (χ0n) is 23.1. The third-order valence-electron chi connectivity index (χ3n) is 7.80. The molecule has 6 aromatic rings. The van der Waals surface area contributed by atoms with Crippen LogP contribution in [0.5, 0.6) is 0 Å². The SMILES string of the molecule is C=CC(/C=C/c1ccc(Nc2ccc(-c3ccc4ccc5ccccc5c4c3)cc2)cc1)C(C=C)c1ccccc1. The summed E-state index contributed by atoms with van der Waals surface area (Å²) in [5.74, 6) is 0.371. The highest BCUT2D eigenvalue weighted by molar-refractivity contribution is 6.08. The maximum absolute atomic E-state index is 4.07. The van der Waals surface area contributed by atoms with Gasteiger partial charge in [-0.2, -0.15) is 0 Å². The van der Waals surface area contributed by atoms with Crippen molar-refractivity contribution in [2.45, 2.75) is 5.92 Å². The van der Waals surface area contributed by atoms with Crippen LogP contribution in [0.4, 0.5) is 11.4 Å². The number of allylic oxidation sites excluding steroid dienone is 3. The van der Waals surface area contributed by atoms with E-state index in [1.54, 1.807) is 0 Å². The van der Waals surface area contributed by atoms with Crippen LogP contribution in [0.15, 0.2) is 165 Å². The van der Waals surface area contributed by atoms with E-state index in [0.717, 1.165) is 16.9 Å². The average molecular weight is 528 g/mol. The summed E-state index contributed by atoms with van der Waals surface area (Å²) in [6.07, 6.45) is 8.38. The number of nitrogens with one attached hydrogen (secondary N) is 1. The Bertz CT molecular complexity index is 1830. The Morgan fingerprint density at radius 1 is 0.537 bits per heavy atom. The minimum absolute atomic E-state index is 0.174. The van der Waals surface area contributed by atoms with Crippen LogP contribution >= 0.6 is 0 Å². The van der Waals surface area contributed by atoms with Crippen molar-refractivity contribution in [3.05, 3.63) is 176 Å². The van der Waals surface area contributed by atoms with Crippen LogP contribution < -0.4 is 5.32 Å². The predicted molar refractivity (Wildman–Crippen MR) is 179 cm³/mol. The number of rotatable bonds is 9. The predicted octanol–water partition coefficient (Wildman–Crippen LogP) is 11.2. The van der Waals surface area contributed by atoms with E-state index in [1.165, 1.54) is 38.2 Å². The molecule has 0 heterocycles. The molecule has 0 aliphatic heterocycles. The van der Waals surface area contributed by atoms with Gasteiger partial charge < -0.3 is 5.32 Å². The Hall–Kier alpha value is -5.14. The topological polar surface area (TPSA) is 12.0 Å². The van der Waals surface area contributed by atoms with Gasteiger partial charge in [0.25, 0.3) is 0 Å². The number of hydrogen-bond acceptors (Lipinski definition) is 1. The van der Waals surface area contributed by atoms with Gasteiger partial charge in [-0.05, 0) is 74.1 Å². The molecule has 0 saturated heterocycles. The summed E-state index contributed by atoms with van der Waals surface area (Å²) in [5.41, 5.74) is 6.94. The van der Waals surface area contributed by atoms with E-state index >= 15 is 0 Å². The van der Waals surface area contributed by atoms with Gasteiger partial charge in [-0.3, -0.25) is 0 Å². The first-order chi connectivity index (χ1) is 20.2. The summed E-state index contributed by atoms with van der Waals surface area (Å²) in [7, 11) is 0. The molecule has 198 valence electrons. The van der Waals surface area contributed by atoms with Crippen LogP contribution in [-0.2, 0) is 0 Å². The second-order valence-electron chi connectivity index (χ2n) is 10.4. The second-order valence-corrected chi connectivity index (χ2v) is 10.4. The standard InChI is InChI=1S/C40H33N/c1-3-30(38(4-2)32-10-6-5-7-11-32)17-14-29-15-24-36(25-16-29)41-37-26-22-31(23-27-37)35-21-20-34-19-18-33-12-8-9-13-39(33)40(34)28-35/h3-28,30,38,41H,1-2H2/b17-14+. The number of benzene rings is 6. The minimum Gasteiger partial charge on any atom is -0.356 e. The van der Waals surface area contributed by atoms with Crippen LogP contribution in [0.3, 0.4) is 0 Å². The maximum Gasteiger partial charge on any atom is 0.0384 e. The van der Waals surface area contributed by atoms with Crippen LogP contribution in [0.1, 0.15) is 17.0 Å². The van der Waals surface area contributed by atoms with Gasteiger partial charge in [0.05, 0.1) is 0 Å². The second kappa shape index (κ2) is 11.9. The molecule has 0 spiro atoms.